The highest BCUT2D eigenvalue weighted by Crippen LogP contribution is 2.48. The summed E-state index contributed by atoms with van der Waals surface area (Å²) in [5.74, 6) is -1.09. The van der Waals surface area contributed by atoms with Gasteiger partial charge in [0.05, 0.1) is 17.8 Å². The van der Waals surface area contributed by atoms with Crippen molar-refractivity contribution >= 4 is 39.1 Å². The van der Waals surface area contributed by atoms with Crippen molar-refractivity contribution in [3.8, 4) is 11.3 Å². The highest BCUT2D eigenvalue weighted by atomic mass is 32.2. The maximum Gasteiger partial charge on any atom is 0.255 e. The maximum absolute atomic E-state index is 14.5. The molecule has 0 bridgehead atoms. The van der Waals surface area contributed by atoms with Crippen molar-refractivity contribution < 1.29 is 26.4 Å². The van der Waals surface area contributed by atoms with Gasteiger partial charge in [0.2, 0.25) is 10.9 Å². The molecular formula is C26H23F2N3O4S. The van der Waals surface area contributed by atoms with E-state index >= 15 is 0 Å². The normalized spacial score (nSPS) is 13.3. The first-order valence-electron chi connectivity index (χ1n) is 11.3. The summed E-state index contributed by atoms with van der Waals surface area (Å²) in [6.07, 6.45) is 1.71. The predicted octanol–water partition coefficient (Wildman–Crippen LogP) is 4.73. The first kappa shape index (κ1) is 23.8. The molecule has 1 saturated carbocycles. The van der Waals surface area contributed by atoms with Crippen LogP contribution in [-0.4, -0.2) is 21.4 Å². The van der Waals surface area contributed by atoms with Gasteiger partial charge in [0, 0.05) is 35.3 Å². The van der Waals surface area contributed by atoms with Gasteiger partial charge in [-0.2, -0.15) is 0 Å². The lowest BCUT2D eigenvalue weighted by Gasteiger charge is -2.21. The summed E-state index contributed by atoms with van der Waals surface area (Å²) in [5, 5.41) is 3.13. The Morgan fingerprint density at radius 3 is 2.44 bits per heavy atom. The van der Waals surface area contributed by atoms with E-state index in [0.29, 0.717) is 16.6 Å². The number of amides is 1. The zero-order valence-corrected chi connectivity index (χ0v) is 20.1. The molecule has 5 rings (SSSR count). The van der Waals surface area contributed by atoms with Crippen LogP contribution in [0.1, 0.15) is 40.2 Å². The van der Waals surface area contributed by atoms with Crippen molar-refractivity contribution in [3.05, 3.63) is 82.9 Å². The third-order valence-electron chi connectivity index (χ3n) is 6.29. The first-order chi connectivity index (χ1) is 17.3. The summed E-state index contributed by atoms with van der Waals surface area (Å²) in [5.41, 5.74) is 8.18. The highest BCUT2D eigenvalue weighted by Gasteiger charge is 2.32. The average molecular weight is 512 g/mol. The number of rotatable bonds is 7. The van der Waals surface area contributed by atoms with E-state index in [2.05, 4.69) is 5.32 Å². The third-order valence-corrected chi connectivity index (χ3v) is 7.04. The molecule has 0 atom stereocenters. The fourth-order valence-corrected chi connectivity index (χ4v) is 4.95. The molecule has 0 spiro atoms. The number of carbonyl (C=O) groups excluding carboxylic acids is 1. The van der Waals surface area contributed by atoms with Gasteiger partial charge in [-0.1, -0.05) is 6.07 Å². The van der Waals surface area contributed by atoms with Crippen molar-refractivity contribution in [3.63, 3.8) is 0 Å². The smallest absolute Gasteiger partial charge is 0.255 e. The molecule has 3 N–H and O–H groups in total. The molecule has 3 aromatic carbocycles. The number of nitrogens with one attached hydrogen (secondary N) is 1. The minimum atomic E-state index is -3.14. The number of thiol groups is 1. The van der Waals surface area contributed by atoms with Gasteiger partial charge in [0.15, 0.2) is 0 Å². The van der Waals surface area contributed by atoms with Crippen LogP contribution in [0.15, 0.2) is 59.0 Å². The first-order valence-corrected chi connectivity index (χ1v) is 12.4. The number of benzene rings is 3. The van der Waals surface area contributed by atoms with Crippen molar-refractivity contribution in [2.75, 3.05) is 17.1 Å². The van der Waals surface area contributed by atoms with Crippen LogP contribution in [0.3, 0.4) is 0 Å². The second-order valence-corrected chi connectivity index (χ2v) is 9.68. The van der Waals surface area contributed by atoms with Crippen LogP contribution in [0.5, 0.6) is 0 Å². The minimum Gasteiger partial charge on any atom is -0.455 e. The van der Waals surface area contributed by atoms with E-state index < -0.39 is 28.4 Å². The van der Waals surface area contributed by atoms with Crippen LogP contribution in [0.2, 0.25) is 0 Å². The Morgan fingerprint density at radius 1 is 1.11 bits per heavy atom. The van der Waals surface area contributed by atoms with Gasteiger partial charge < -0.3 is 15.5 Å². The van der Waals surface area contributed by atoms with E-state index in [0.717, 1.165) is 28.8 Å². The molecule has 186 valence electrons. The molecule has 1 aliphatic carbocycles. The van der Waals surface area contributed by atoms with E-state index in [4.69, 9.17) is 10.2 Å². The summed E-state index contributed by atoms with van der Waals surface area (Å²) in [7, 11) is -1.65. The average Bonchev–Trinajstić information content (AvgIpc) is 3.63. The minimum absolute atomic E-state index is 0.0971. The third kappa shape index (κ3) is 4.39. The van der Waals surface area contributed by atoms with E-state index in [-0.39, 0.29) is 40.6 Å². The zero-order chi connectivity index (χ0) is 25.6. The van der Waals surface area contributed by atoms with Crippen LogP contribution in [0.4, 0.5) is 20.2 Å². The number of nitrogen functional groups attached to an aromatic ring is 1. The van der Waals surface area contributed by atoms with Crippen LogP contribution < -0.4 is 15.4 Å². The number of nitrogens with two attached hydrogens (primary N) is 1. The van der Waals surface area contributed by atoms with Gasteiger partial charge in [-0.15, -0.1) is 0 Å². The van der Waals surface area contributed by atoms with E-state index in [9.17, 15) is 22.0 Å². The zero-order valence-electron chi connectivity index (χ0n) is 19.3. The Bertz CT molecular complexity index is 1550. The molecule has 1 fully saturated rings. The fourth-order valence-electron chi connectivity index (χ4n) is 4.33. The Balaban J connectivity index is 1.70. The van der Waals surface area contributed by atoms with E-state index in [1.807, 2.05) is 0 Å². The molecule has 36 heavy (non-hydrogen) atoms. The van der Waals surface area contributed by atoms with Crippen LogP contribution in [0.25, 0.3) is 22.3 Å². The quantitative estimate of drug-likeness (QED) is 0.246. The lowest BCUT2D eigenvalue weighted by atomic mass is 10.00. The maximum atomic E-state index is 14.5. The lowest BCUT2D eigenvalue weighted by molar-refractivity contribution is 0.0964. The number of halogens is 2. The Hall–Kier alpha value is -3.92. The fraction of sp³-hybridized carbons (Fsp3) is 0.192. The van der Waals surface area contributed by atoms with Gasteiger partial charge in [-0.3, -0.25) is 9.10 Å². The molecule has 10 heteroatoms. The Kier molecular flexibility index (Phi) is 6.13. The van der Waals surface area contributed by atoms with Gasteiger partial charge in [-0.25, -0.2) is 17.2 Å². The molecule has 7 nitrogen and oxygen atoms in total. The topological polar surface area (TPSA) is 106 Å². The molecule has 1 aromatic heterocycles. The summed E-state index contributed by atoms with van der Waals surface area (Å²) in [6, 6.07) is 13.0. The molecule has 0 radical (unpaired) electrons. The summed E-state index contributed by atoms with van der Waals surface area (Å²) in [4.78, 5) is 12.9. The molecule has 0 saturated heterocycles. The van der Waals surface area contributed by atoms with Crippen molar-refractivity contribution in [2.45, 2.75) is 25.3 Å². The monoisotopic (exact) mass is 511 g/mol. The lowest BCUT2D eigenvalue weighted by Crippen LogP contribution is -2.22. The molecule has 0 aliphatic heterocycles. The van der Waals surface area contributed by atoms with E-state index in [1.165, 1.54) is 43.4 Å². The van der Waals surface area contributed by atoms with Gasteiger partial charge in [0.25, 0.3) is 5.91 Å². The Morgan fingerprint density at radius 2 is 1.83 bits per heavy atom. The van der Waals surface area contributed by atoms with Crippen molar-refractivity contribution in [1.82, 2.24) is 5.32 Å². The molecule has 1 heterocycles. The van der Waals surface area contributed by atoms with Gasteiger partial charge in [0.1, 0.15) is 23.0 Å². The molecule has 0 unspecified atom stereocenters. The number of hydrogen-bond donors (Lipinski definition) is 3. The standard InChI is InChI=1S/C26H23F2N3O4S/c1-30-26(32)24-20-11-19(14-2-3-14)22(12-23(20)35-25(24)15-4-7-17(27)8-5-15)31(36(33)34)13-16-6-9-18(29)10-21(16)28/h4-12,14,36H,2-3,13,29H2,1H3,(H,30,32). The number of nitrogens with zero attached hydrogens (tertiary/aromatic N) is 1. The number of hydrogen-bond acceptors (Lipinski definition) is 5. The number of anilines is 2. The van der Waals surface area contributed by atoms with Crippen LogP contribution in [-0.2, 0) is 17.4 Å². The number of carbonyl (C=O) groups is 1. The van der Waals surface area contributed by atoms with Gasteiger partial charge in [-0.05, 0) is 66.8 Å². The number of fused-ring (bicyclic) bond motifs is 1. The predicted molar refractivity (Wildman–Crippen MR) is 134 cm³/mol. The molecule has 4 aromatic rings. The summed E-state index contributed by atoms with van der Waals surface area (Å²) < 4.78 is 60.0. The largest absolute Gasteiger partial charge is 0.455 e. The molecule has 1 amide bonds. The second-order valence-electron chi connectivity index (χ2n) is 8.72. The van der Waals surface area contributed by atoms with Crippen molar-refractivity contribution in [2.24, 2.45) is 0 Å². The SMILES string of the molecule is CNC(=O)c1c(-c2ccc(F)cc2)oc2cc(N(Cc3ccc(N)cc3F)[SH](=O)=O)c(C3CC3)cc12. The van der Waals surface area contributed by atoms with Gasteiger partial charge >= 0.3 is 0 Å². The van der Waals surface area contributed by atoms with E-state index in [1.54, 1.807) is 12.1 Å². The molecule has 1 aliphatic rings. The molecular weight excluding hydrogens is 488 g/mol. The summed E-state index contributed by atoms with van der Waals surface area (Å²) >= 11 is 0. The number of furan rings is 1. The highest BCUT2D eigenvalue weighted by molar-refractivity contribution is 7.74. The second kappa shape index (κ2) is 9.27. The Labute approximate surface area is 207 Å². The van der Waals surface area contributed by atoms with Crippen LogP contribution >= 0.6 is 0 Å². The van der Waals surface area contributed by atoms with Crippen molar-refractivity contribution in [1.29, 1.82) is 0 Å². The van der Waals surface area contributed by atoms with Crippen LogP contribution in [0, 0.1) is 11.6 Å². The summed E-state index contributed by atoms with van der Waals surface area (Å²) in [6.45, 7) is -0.232.